The fourth-order valence-electron chi connectivity index (χ4n) is 2.25. The SMILES string of the molecule is Oc1c(Cl)cccc1-c1cccc2cccc(Br)c12. The molecule has 3 rings (SSSR count). The van der Waals surface area contributed by atoms with E-state index in [0.717, 1.165) is 26.4 Å². The van der Waals surface area contributed by atoms with Gasteiger partial charge in [-0.2, -0.15) is 0 Å². The maximum absolute atomic E-state index is 10.2. The van der Waals surface area contributed by atoms with Crippen LogP contribution < -0.4 is 0 Å². The Kier molecular flexibility index (Phi) is 3.21. The van der Waals surface area contributed by atoms with Gasteiger partial charge in [-0.15, -0.1) is 0 Å². The van der Waals surface area contributed by atoms with Crippen LogP contribution >= 0.6 is 27.5 Å². The van der Waals surface area contributed by atoms with Gasteiger partial charge in [0.05, 0.1) is 5.02 Å². The van der Waals surface area contributed by atoms with Crippen LogP contribution in [0.25, 0.3) is 21.9 Å². The van der Waals surface area contributed by atoms with Crippen LogP contribution in [0.3, 0.4) is 0 Å². The molecule has 0 aliphatic rings. The molecular formula is C16H10BrClO. The van der Waals surface area contributed by atoms with Gasteiger partial charge in [0.2, 0.25) is 0 Å². The van der Waals surface area contributed by atoms with Gasteiger partial charge in [0.1, 0.15) is 5.75 Å². The van der Waals surface area contributed by atoms with E-state index in [1.165, 1.54) is 0 Å². The van der Waals surface area contributed by atoms with Crippen LogP contribution in [-0.2, 0) is 0 Å². The molecule has 0 amide bonds. The summed E-state index contributed by atoms with van der Waals surface area (Å²) in [5.74, 6) is 0.118. The van der Waals surface area contributed by atoms with E-state index in [2.05, 4.69) is 15.9 Å². The Morgan fingerprint density at radius 1 is 0.842 bits per heavy atom. The van der Waals surface area contributed by atoms with Gasteiger partial charge < -0.3 is 5.11 Å². The number of phenols is 1. The predicted molar refractivity (Wildman–Crippen MR) is 83.8 cm³/mol. The molecule has 0 saturated carbocycles. The quantitative estimate of drug-likeness (QED) is 0.612. The zero-order chi connectivity index (χ0) is 13.4. The lowest BCUT2D eigenvalue weighted by Crippen LogP contribution is -1.84. The molecule has 0 aromatic heterocycles. The Morgan fingerprint density at radius 2 is 1.47 bits per heavy atom. The highest BCUT2D eigenvalue weighted by Gasteiger charge is 2.12. The second-order valence-electron chi connectivity index (χ2n) is 4.28. The fraction of sp³-hybridized carbons (Fsp3) is 0. The summed E-state index contributed by atoms with van der Waals surface area (Å²) in [6, 6.07) is 17.4. The summed E-state index contributed by atoms with van der Waals surface area (Å²) >= 11 is 9.57. The Balaban J connectivity index is 2.40. The van der Waals surface area contributed by atoms with Crippen molar-refractivity contribution in [3.8, 4) is 16.9 Å². The standard InChI is InChI=1S/C16H10BrClO/c17-13-8-2-5-10-4-1-6-11(15(10)13)12-7-3-9-14(18)16(12)19/h1-9,19H. The smallest absolute Gasteiger partial charge is 0.142 e. The number of hydrogen-bond donors (Lipinski definition) is 1. The summed E-state index contributed by atoms with van der Waals surface area (Å²) in [4.78, 5) is 0. The highest BCUT2D eigenvalue weighted by molar-refractivity contribution is 9.10. The predicted octanol–water partition coefficient (Wildman–Crippen LogP) is 5.63. The normalized spacial score (nSPS) is 10.8. The molecule has 0 saturated heterocycles. The van der Waals surface area contributed by atoms with Crippen LogP contribution in [0, 0.1) is 0 Å². The number of halogens is 2. The van der Waals surface area contributed by atoms with Crippen molar-refractivity contribution < 1.29 is 5.11 Å². The van der Waals surface area contributed by atoms with E-state index in [4.69, 9.17) is 11.6 Å². The largest absolute Gasteiger partial charge is 0.506 e. The van der Waals surface area contributed by atoms with Crippen LogP contribution in [0.1, 0.15) is 0 Å². The number of benzene rings is 3. The summed E-state index contributed by atoms with van der Waals surface area (Å²) in [7, 11) is 0. The molecule has 3 aromatic rings. The highest BCUT2D eigenvalue weighted by Crippen LogP contribution is 2.40. The second-order valence-corrected chi connectivity index (χ2v) is 5.54. The van der Waals surface area contributed by atoms with Crippen LogP contribution in [0.4, 0.5) is 0 Å². The van der Waals surface area contributed by atoms with E-state index in [-0.39, 0.29) is 5.75 Å². The van der Waals surface area contributed by atoms with Gasteiger partial charge in [0, 0.05) is 15.4 Å². The van der Waals surface area contributed by atoms with Crippen molar-refractivity contribution in [1.29, 1.82) is 0 Å². The van der Waals surface area contributed by atoms with E-state index >= 15 is 0 Å². The van der Waals surface area contributed by atoms with Crippen molar-refractivity contribution in [3.63, 3.8) is 0 Å². The molecule has 0 spiro atoms. The number of aromatic hydroxyl groups is 1. The summed E-state index contributed by atoms with van der Waals surface area (Å²) < 4.78 is 1.000. The van der Waals surface area contributed by atoms with Crippen LogP contribution in [0.2, 0.25) is 5.02 Å². The summed E-state index contributed by atoms with van der Waals surface area (Å²) in [6.07, 6.45) is 0. The molecule has 1 nitrogen and oxygen atoms in total. The van der Waals surface area contributed by atoms with Crippen molar-refractivity contribution in [2.75, 3.05) is 0 Å². The first kappa shape index (κ1) is 12.5. The van der Waals surface area contributed by atoms with Gasteiger partial charge in [0.25, 0.3) is 0 Å². The third kappa shape index (κ3) is 2.11. The Hall–Kier alpha value is -1.51. The highest BCUT2D eigenvalue weighted by atomic mass is 79.9. The maximum Gasteiger partial charge on any atom is 0.142 e. The zero-order valence-electron chi connectivity index (χ0n) is 9.90. The number of phenolic OH excluding ortho intramolecular Hbond substituents is 1. The minimum atomic E-state index is 0.118. The Morgan fingerprint density at radius 3 is 2.26 bits per heavy atom. The molecule has 0 bridgehead atoms. The molecule has 0 fully saturated rings. The summed E-state index contributed by atoms with van der Waals surface area (Å²) in [5, 5.41) is 12.7. The van der Waals surface area contributed by atoms with Gasteiger partial charge in [-0.3, -0.25) is 0 Å². The van der Waals surface area contributed by atoms with Gasteiger partial charge >= 0.3 is 0 Å². The minimum Gasteiger partial charge on any atom is -0.506 e. The van der Waals surface area contributed by atoms with E-state index in [1.807, 2.05) is 48.5 Å². The second kappa shape index (κ2) is 4.87. The molecule has 0 aliphatic carbocycles. The number of fused-ring (bicyclic) bond motifs is 1. The lowest BCUT2D eigenvalue weighted by Gasteiger charge is -2.11. The zero-order valence-corrected chi connectivity index (χ0v) is 12.2. The summed E-state index contributed by atoms with van der Waals surface area (Å²) in [6.45, 7) is 0. The summed E-state index contributed by atoms with van der Waals surface area (Å²) in [5.41, 5.74) is 1.70. The first-order chi connectivity index (χ1) is 9.18. The van der Waals surface area contributed by atoms with Crippen molar-refractivity contribution in [2.24, 2.45) is 0 Å². The third-order valence-electron chi connectivity index (χ3n) is 3.13. The van der Waals surface area contributed by atoms with Gasteiger partial charge in [0.15, 0.2) is 0 Å². The average Bonchev–Trinajstić information content (AvgIpc) is 2.42. The van der Waals surface area contributed by atoms with E-state index < -0.39 is 0 Å². The van der Waals surface area contributed by atoms with Crippen molar-refractivity contribution in [3.05, 3.63) is 64.1 Å². The molecule has 0 aliphatic heterocycles. The molecule has 0 radical (unpaired) electrons. The van der Waals surface area contributed by atoms with E-state index in [0.29, 0.717) is 5.02 Å². The molecule has 3 heteroatoms. The first-order valence-electron chi connectivity index (χ1n) is 5.83. The van der Waals surface area contributed by atoms with E-state index in [9.17, 15) is 5.11 Å². The molecule has 3 aromatic carbocycles. The Labute approximate surface area is 124 Å². The van der Waals surface area contributed by atoms with Gasteiger partial charge in [-0.05, 0) is 23.1 Å². The van der Waals surface area contributed by atoms with Gasteiger partial charge in [-0.1, -0.05) is 70.0 Å². The fourth-order valence-corrected chi connectivity index (χ4v) is 3.02. The number of para-hydroxylation sites is 1. The van der Waals surface area contributed by atoms with Crippen molar-refractivity contribution >= 4 is 38.3 Å². The number of hydrogen-bond acceptors (Lipinski definition) is 1. The monoisotopic (exact) mass is 332 g/mol. The van der Waals surface area contributed by atoms with Crippen LogP contribution in [0.15, 0.2) is 59.1 Å². The lowest BCUT2D eigenvalue weighted by molar-refractivity contribution is 0.477. The van der Waals surface area contributed by atoms with E-state index in [1.54, 1.807) is 6.07 Å². The topological polar surface area (TPSA) is 20.2 Å². The molecule has 0 atom stereocenters. The average molecular weight is 334 g/mol. The molecule has 19 heavy (non-hydrogen) atoms. The Bertz CT molecular complexity index is 763. The molecule has 0 heterocycles. The maximum atomic E-state index is 10.2. The first-order valence-corrected chi connectivity index (χ1v) is 7.00. The molecule has 0 unspecified atom stereocenters. The number of rotatable bonds is 1. The van der Waals surface area contributed by atoms with Crippen molar-refractivity contribution in [1.82, 2.24) is 0 Å². The third-order valence-corrected chi connectivity index (χ3v) is 4.10. The van der Waals surface area contributed by atoms with Crippen LogP contribution in [0.5, 0.6) is 5.75 Å². The molecule has 1 N–H and O–H groups in total. The van der Waals surface area contributed by atoms with Crippen LogP contribution in [-0.4, -0.2) is 5.11 Å². The molecule has 94 valence electrons. The lowest BCUT2D eigenvalue weighted by atomic mass is 9.98. The van der Waals surface area contributed by atoms with Crippen molar-refractivity contribution in [2.45, 2.75) is 0 Å². The molecular weight excluding hydrogens is 324 g/mol. The van der Waals surface area contributed by atoms with Gasteiger partial charge in [-0.25, -0.2) is 0 Å². The minimum absolute atomic E-state index is 0.118.